The average Bonchev–Trinajstić information content (AvgIpc) is 3.48. The molecule has 1 N–H and O–H groups in total. The largest absolute Gasteiger partial charge is 0.497 e. The summed E-state index contributed by atoms with van der Waals surface area (Å²) in [5.74, 6) is 1.86. The number of amides is 1. The summed E-state index contributed by atoms with van der Waals surface area (Å²) in [6.45, 7) is 2.03. The number of benzene rings is 2. The fourth-order valence-electron chi connectivity index (χ4n) is 2.91. The van der Waals surface area contributed by atoms with Crippen LogP contribution in [0.5, 0.6) is 5.75 Å². The second kappa shape index (κ2) is 9.97. The highest BCUT2D eigenvalue weighted by Gasteiger charge is 2.17. The third-order valence-electron chi connectivity index (χ3n) is 4.53. The maximum absolute atomic E-state index is 12.2. The van der Waals surface area contributed by atoms with Gasteiger partial charge in [0, 0.05) is 11.3 Å². The first kappa shape index (κ1) is 21.4. The summed E-state index contributed by atoms with van der Waals surface area (Å²) in [6.07, 6.45) is 2.98. The van der Waals surface area contributed by atoms with Crippen LogP contribution in [-0.2, 0) is 4.79 Å². The van der Waals surface area contributed by atoms with Crippen molar-refractivity contribution in [1.82, 2.24) is 20.2 Å². The van der Waals surface area contributed by atoms with Gasteiger partial charge in [0.2, 0.25) is 0 Å². The number of thioether (sulfide) groups is 1. The molecule has 0 spiro atoms. The van der Waals surface area contributed by atoms with Crippen molar-refractivity contribution in [2.45, 2.75) is 12.1 Å². The smallest absolute Gasteiger partial charge is 0.250 e. The van der Waals surface area contributed by atoms with Crippen molar-refractivity contribution in [1.29, 1.82) is 0 Å². The van der Waals surface area contributed by atoms with Crippen molar-refractivity contribution in [3.8, 4) is 22.8 Å². The van der Waals surface area contributed by atoms with E-state index in [1.54, 1.807) is 19.2 Å². The predicted octanol–water partition coefficient (Wildman–Crippen LogP) is 4.09. The Balaban J connectivity index is 1.55. The van der Waals surface area contributed by atoms with Gasteiger partial charge in [0.05, 0.1) is 25.3 Å². The summed E-state index contributed by atoms with van der Waals surface area (Å²) < 4.78 is 12.3. The molecule has 0 bridgehead atoms. The van der Waals surface area contributed by atoms with Crippen molar-refractivity contribution in [3.05, 3.63) is 78.3 Å². The second-order valence-electron chi connectivity index (χ2n) is 6.80. The lowest BCUT2D eigenvalue weighted by molar-refractivity contribution is -0.118. The molecule has 0 saturated carbocycles. The van der Waals surface area contributed by atoms with Gasteiger partial charge in [0.15, 0.2) is 11.0 Å². The molecule has 0 saturated heterocycles. The molecule has 0 atom stereocenters. The zero-order valence-electron chi connectivity index (χ0n) is 17.6. The van der Waals surface area contributed by atoms with Crippen LogP contribution in [0.25, 0.3) is 17.1 Å². The molecule has 0 aliphatic carbocycles. The van der Waals surface area contributed by atoms with Gasteiger partial charge in [-0.15, -0.1) is 10.2 Å². The zero-order chi connectivity index (χ0) is 22.3. The topological polar surface area (TPSA) is 94.5 Å². The minimum atomic E-state index is -0.262. The third-order valence-corrected chi connectivity index (χ3v) is 5.46. The summed E-state index contributed by atoms with van der Waals surface area (Å²) in [7, 11) is 1.63. The molecule has 2 aromatic carbocycles. The molecular weight excluding hydrogens is 426 g/mol. The summed E-state index contributed by atoms with van der Waals surface area (Å²) in [5.41, 5.74) is 5.43. The van der Waals surface area contributed by atoms with E-state index in [0.717, 1.165) is 22.6 Å². The minimum Gasteiger partial charge on any atom is -0.497 e. The number of rotatable bonds is 8. The Morgan fingerprint density at radius 2 is 1.94 bits per heavy atom. The molecule has 0 aliphatic rings. The molecular formula is C23H21N5O3S. The van der Waals surface area contributed by atoms with Crippen LogP contribution < -0.4 is 10.2 Å². The highest BCUT2D eigenvalue weighted by molar-refractivity contribution is 7.99. The van der Waals surface area contributed by atoms with Gasteiger partial charge in [-0.05, 0) is 55.5 Å². The molecule has 32 heavy (non-hydrogen) atoms. The number of hydrogen-bond donors (Lipinski definition) is 1. The summed E-state index contributed by atoms with van der Waals surface area (Å²) in [5, 5.41) is 13.2. The fourth-order valence-corrected chi connectivity index (χ4v) is 3.66. The van der Waals surface area contributed by atoms with E-state index in [2.05, 4.69) is 20.7 Å². The van der Waals surface area contributed by atoms with Gasteiger partial charge in [0.25, 0.3) is 5.91 Å². The Kier molecular flexibility index (Phi) is 6.66. The maximum atomic E-state index is 12.2. The number of nitrogens with zero attached hydrogens (tertiary/aromatic N) is 4. The first-order chi connectivity index (χ1) is 15.6. The number of ether oxygens (including phenoxy) is 1. The predicted molar refractivity (Wildman–Crippen MR) is 123 cm³/mol. The van der Waals surface area contributed by atoms with Gasteiger partial charge in [-0.25, -0.2) is 5.43 Å². The Bertz CT molecular complexity index is 1200. The highest BCUT2D eigenvalue weighted by atomic mass is 32.2. The van der Waals surface area contributed by atoms with E-state index in [9.17, 15) is 4.79 Å². The number of methoxy groups -OCH3 is 1. The molecule has 4 rings (SSSR count). The molecule has 0 fully saturated rings. The van der Waals surface area contributed by atoms with Gasteiger partial charge in [-0.1, -0.05) is 29.5 Å². The first-order valence-electron chi connectivity index (χ1n) is 9.79. The SMILES string of the molecule is COc1ccc(-c2nnc(SCC(=O)N/N=C/c3ccco3)n2-c2ccc(C)cc2)cc1. The number of hydrazone groups is 1. The van der Waals surface area contributed by atoms with E-state index in [1.165, 1.54) is 24.2 Å². The monoisotopic (exact) mass is 447 g/mol. The molecule has 0 unspecified atom stereocenters. The van der Waals surface area contributed by atoms with Crippen molar-refractivity contribution < 1.29 is 13.9 Å². The van der Waals surface area contributed by atoms with Crippen LogP contribution >= 0.6 is 11.8 Å². The van der Waals surface area contributed by atoms with E-state index < -0.39 is 0 Å². The van der Waals surface area contributed by atoms with Crippen LogP contribution in [0.15, 0.2) is 81.6 Å². The number of carbonyl (C=O) groups is 1. The number of nitrogens with one attached hydrogen (secondary N) is 1. The molecule has 9 heteroatoms. The Morgan fingerprint density at radius 1 is 1.16 bits per heavy atom. The quantitative estimate of drug-likeness (QED) is 0.248. The Morgan fingerprint density at radius 3 is 2.62 bits per heavy atom. The molecule has 0 radical (unpaired) electrons. The Labute approximate surface area is 189 Å². The summed E-state index contributed by atoms with van der Waals surface area (Å²) >= 11 is 1.28. The molecule has 0 aliphatic heterocycles. The third kappa shape index (κ3) is 5.06. The van der Waals surface area contributed by atoms with E-state index in [0.29, 0.717) is 16.7 Å². The number of hydrogen-bond acceptors (Lipinski definition) is 7. The fraction of sp³-hybridized carbons (Fsp3) is 0.130. The zero-order valence-corrected chi connectivity index (χ0v) is 18.4. The standard InChI is InChI=1S/C23H21N5O3S/c1-16-5-9-18(10-6-16)28-22(17-7-11-19(30-2)12-8-17)26-27-23(28)32-15-21(29)25-24-14-20-4-3-13-31-20/h3-14H,15H2,1-2H3,(H,25,29)/b24-14+. The van der Waals surface area contributed by atoms with E-state index in [4.69, 9.17) is 9.15 Å². The van der Waals surface area contributed by atoms with Gasteiger partial charge < -0.3 is 9.15 Å². The van der Waals surface area contributed by atoms with Crippen molar-refractivity contribution in [3.63, 3.8) is 0 Å². The lowest BCUT2D eigenvalue weighted by atomic mass is 10.2. The van der Waals surface area contributed by atoms with Crippen LogP contribution in [0.4, 0.5) is 0 Å². The molecule has 1 amide bonds. The summed E-state index contributed by atoms with van der Waals surface area (Å²) in [6, 6.07) is 19.2. The van der Waals surface area contributed by atoms with Crippen molar-refractivity contribution in [2.24, 2.45) is 5.10 Å². The van der Waals surface area contributed by atoms with E-state index >= 15 is 0 Å². The van der Waals surface area contributed by atoms with Crippen molar-refractivity contribution >= 4 is 23.9 Å². The lowest BCUT2D eigenvalue weighted by Crippen LogP contribution is -2.19. The van der Waals surface area contributed by atoms with Crippen LogP contribution in [0.2, 0.25) is 0 Å². The van der Waals surface area contributed by atoms with Gasteiger partial charge in [-0.3, -0.25) is 9.36 Å². The van der Waals surface area contributed by atoms with Crippen LogP contribution in [0.1, 0.15) is 11.3 Å². The highest BCUT2D eigenvalue weighted by Crippen LogP contribution is 2.29. The van der Waals surface area contributed by atoms with Crippen LogP contribution in [0.3, 0.4) is 0 Å². The number of carbonyl (C=O) groups excluding carboxylic acids is 1. The van der Waals surface area contributed by atoms with E-state index in [-0.39, 0.29) is 11.7 Å². The van der Waals surface area contributed by atoms with Gasteiger partial charge in [-0.2, -0.15) is 5.10 Å². The summed E-state index contributed by atoms with van der Waals surface area (Å²) in [4.78, 5) is 12.2. The van der Waals surface area contributed by atoms with E-state index in [1.807, 2.05) is 60.0 Å². The molecule has 2 heterocycles. The lowest BCUT2D eigenvalue weighted by Gasteiger charge is -2.11. The number of furan rings is 1. The van der Waals surface area contributed by atoms with Crippen molar-refractivity contribution in [2.75, 3.05) is 12.9 Å². The maximum Gasteiger partial charge on any atom is 0.250 e. The second-order valence-corrected chi connectivity index (χ2v) is 7.75. The minimum absolute atomic E-state index is 0.127. The van der Waals surface area contributed by atoms with Crippen LogP contribution in [0, 0.1) is 6.92 Å². The number of aromatic nitrogens is 3. The molecule has 2 aromatic heterocycles. The van der Waals surface area contributed by atoms with Gasteiger partial charge in [0.1, 0.15) is 11.5 Å². The van der Waals surface area contributed by atoms with Crippen LogP contribution in [-0.4, -0.2) is 39.7 Å². The first-order valence-corrected chi connectivity index (χ1v) is 10.8. The molecule has 162 valence electrons. The molecule has 4 aromatic rings. The molecule has 8 nitrogen and oxygen atoms in total. The number of aryl methyl sites for hydroxylation is 1. The average molecular weight is 448 g/mol. The normalized spacial score (nSPS) is 11.1. The van der Waals surface area contributed by atoms with Gasteiger partial charge >= 0.3 is 0 Å². The Hall–Kier alpha value is -3.85.